The van der Waals surface area contributed by atoms with E-state index in [0.29, 0.717) is 11.8 Å². The minimum Gasteiger partial charge on any atom is -0.355 e. The number of anilines is 1. The second-order valence-electron chi connectivity index (χ2n) is 8.64. The molecule has 2 aliphatic rings. The Labute approximate surface area is 186 Å². The average Bonchev–Trinajstić information content (AvgIpc) is 3.44. The van der Waals surface area contributed by atoms with Crippen LogP contribution in [0.2, 0.25) is 0 Å². The van der Waals surface area contributed by atoms with Crippen molar-refractivity contribution in [2.45, 2.75) is 0 Å². The summed E-state index contributed by atoms with van der Waals surface area (Å²) in [6.45, 7) is 3.38. The van der Waals surface area contributed by atoms with Crippen molar-refractivity contribution >= 4 is 22.8 Å². The molecule has 2 aromatic heterocycles. The molecule has 2 aromatic carbocycles. The number of hydrogen-bond acceptors (Lipinski definition) is 5. The van der Waals surface area contributed by atoms with Gasteiger partial charge in [0.1, 0.15) is 5.82 Å². The topological polar surface area (TPSA) is 62.2 Å². The number of hydrogen-bond donors (Lipinski definition) is 0. The first kappa shape index (κ1) is 18.9. The molecule has 158 valence electrons. The van der Waals surface area contributed by atoms with Crippen molar-refractivity contribution in [3.63, 3.8) is 0 Å². The van der Waals surface area contributed by atoms with E-state index in [-0.39, 0.29) is 5.91 Å². The molecule has 2 aliphatic heterocycles. The van der Waals surface area contributed by atoms with E-state index in [4.69, 9.17) is 4.98 Å². The van der Waals surface area contributed by atoms with Gasteiger partial charge in [0, 0.05) is 61.5 Å². The summed E-state index contributed by atoms with van der Waals surface area (Å²) >= 11 is 0. The van der Waals surface area contributed by atoms with E-state index in [0.717, 1.165) is 59.7 Å². The number of rotatable bonds is 3. The molecule has 6 heteroatoms. The molecular formula is C26H23N5O. The third-order valence-corrected chi connectivity index (χ3v) is 6.66. The third-order valence-electron chi connectivity index (χ3n) is 6.66. The monoisotopic (exact) mass is 421 g/mol. The summed E-state index contributed by atoms with van der Waals surface area (Å²) in [5.41, 5.74) is 4.50. The molecule has 0 bridgehead atoms. The van der Waals surface area contributed by atoms with Crippen LogP contribution < -0.4 is 4.90 Å². The largest absolute Gasteiger partial charge is 0.355 e. The molecule has 4 aromatic rings. The van der Waals surface area contributed by atoms with Gasteiger partial charge in [-0.2, -0.15) is 0 Å². The zero-order valence-corrected chi connectivity index (χ0v) is 17.6. The van der Waals surface area contributed by atoms with Crippen molar-refractivity contribution in [1.82, 2.24) is 19.9 Å². The van der Waals surface area contributed by atoms with Crippen molar-refractivity contribution in [3.8, 4) is 11.1 Å². The third kappa shape index (κ3) is 3.28. The molecule has 4 heterocycles. The van der Waals surface area contributed by atoms with Gasteiger partial charge < -0.3 is 9.80 Å². The molecule has 1 amide bonds. The van der Waals surface area contributed by atoms with E-state index in [1.807, 2.05) is 78.0 Å². The van der Waals surface area contributed by atoms with Crippen LogP contribution in [-0.2, 0) is 0 Å². The Hall–Kier alpha value is -3.80. The van der Waals surface area contributed by atoms with Crippen LogP contribution in [0.3, 0.4) is 0 Å². The van der Waals surface area contributed by atoms with Gasteiger partial charge in [-0.1, -0.05) is 36.4 Å². The minimum absolute atomic E-state index is 0.107. The van der Waals surface area contributed by atoms with Crippen LogP contribution in [0.4, 0.5) is 5.82 Å². The Morgan fingerprint density at radius 3 is 2.34 bits per heavy atom. The van der Waals surface area contributed by atoms with Crippen molar-refractivity contribution in [1.29, 1.82) is 0 Å². The molecule has 2 fully saturated rings. The highest BCUT2D eigenvalue weighted by atomic mass is 16.2. The molecule has 6 rings (SSSR count). The number of amides is 1. The van der Waals surface area contributed by atoms with Crippen LogP contribution in [0.1, 0.15) is 10.4 Å². The lowest BCUT2D eigenvalue weighted by Gasteiger charge is -2.23. The highest BCUT2D eigenvalue weighted by Gasteiger charge is 2.42. The van der Waals surface area contributed by atoms with Gasteiger partial charge in [0.15, 0.2) is 0 Å². The van der Waals surface area contributed by atoms with Crippen LogP contribution in [0.25, 0.3) is 22.2 Å². The minimum atomic E-state index is 0.107. The Morgan fingerprint density at radius 2 is 1.56 bits per heavy atom. The van der Waals surface area contributed by atoms with Gasteiger partial charge in [0.2, 0.25) is 0 Å². The second-order valence-corrected chi connectivity index (χ2v) is 8.64. The molecule has 6 nitrogen and oxygen atoms in total. The van der Waals surface area contributed by atoms with Gasteiger partial charge in [-0.15, -0.1) is 0 Å². The SMILES string of the molecule is O=C(c1ccccc1-c1cccnc1)N1CC2CN(c3cnc4ccccc4n3)CC2C1. The van der Waals surface area contributed by atoms with E-state index >= 15 is 0 Å². The van der Waals surface area contributed by atoms with Crippen LogP contribution in [-0.4, -0.2) is 51.9 Å². The summed E-state index contributed by atoms with van der Waals surface area (Å²) in [6, 6.07) is 19.7. The fourth-order valence-electron chi connectivity index (χ4n) is 5.06. The maximum Gasteiger partial charge on any atom is 0.254 e. The Kier molecular flexibility index (Phi) is 4.56. The molecule has 0 aliphatic carbocycles. The fourth-order valence-corrected chi connectivity index (χ4v) is 5.06. The lowest BCUT2D eigenvalue weighted by atomic mass is 10.0. The number of likely N-dealkylation sites (tertiary alicyclic amines) is 1. The zero-order valence-electron chi connectivity index (χ0n) is 17.6. The van der Waals surface area contributed by atoms with E-state index in [9.17, 15) is 4.79 Å². The smallest absolute Gasteiger partial charge is 0.254 e. The first-order chi connectivity index (χ1) is 15.8. The van der Waals surface area contributed by atoms with Crippen LogP contribution >= 0.6 is 0 Å². The predicted octanol–water partition coefficient (Wildman–Crippen LogP) is 3.90. The lowest BCUT2D eigenvalue weighted by Crippen LogP contribution is -2.33. The van der Waals surface area contributed by atoms with Crippen molar-refractivity contribution in [2.24, 2.45) is 11.8 Å². The Morgan fingerprint density at radius 1 is 0.812 bits per heavy atom. The number of para-hydroxylation sites is 2. The van der Waals surface area contributed by atoms with E-state index in [2.05, 4.69) is 14.9 Å². The van der Waals surface area contributed by atoms with E-state index in [1.54, 1.807) is 6.20 Å². The van der Waals surface area contributed by atoms with Crippen molar-refractivity contribution in [2.75, 3.05) is 31.1 Å². The average molecular weight is 422 g/mol. The van der Waals surface area contributed by atoms with Crippen molar-refractivity contribution < 1.29 is 4.79 Å². The summed E-state index contributed by atoms with van der Waals surface area (Å²) in [4.78, 5) is 31.4. The molecule has 2 unspecified atom stereocenters. The zero-order chi connectivity index (χ0) is 21.5. The molecule has 0 radical (unpaired) electrons. The van der Waals surface area contributed by atoms with Gasteiger partial charge >= 0.3 is 0 Å². The summed E-state index contributed by atoms with van der Waals surface area (Å²) in [7, 11) is 0. The van der Waals surface area contributed by atoms with Crippen LogP contribution in [0, 0.1) is 11.8 Å². The summed E-state index contributed by atoms with van der Waals surface area (Å²) in [5.74, 6) is 1.95. The Balaban J connectivity index is 1.19. The number of nitrogens with zero attached hydrogens (tertiary/aromatic N) is 5. The van der Waals surface area contributed by atoms with Crippen molar-refractivity contribution in [3.05, 3.63) is 84.8 Å². The number of pyridine rings is 1. The van der Waals surface area contributed by atoms with Gasteiger partial charge in [0.05, 0.1) is 17.2 Å². The summed E-state index contributed by atoms with van der Waals surface area (Å²) in [5, 5.41) is 0. The van der Waals surface area contributed by atoms with Gasteiger partial charge in [-0.3, -0.25) is 14.8 Å². The molecule has 2 saturated heterocycles. The molecule has 2 atom stereocenters. The standard InChI is InChI=1S/C26H23N5O/c32-26(22-8-2-1-7-21(22)18-6-5-11-27-12-18)31-16-19-14-30(15-20(19)17-31)25-13-28-23-9-3-4-10-24(23)29-25/h1-13,19-20H,14-17H2. The molecule has 0 saturated carbocycles. The van der Waals surface area contributed by atoms with E-state index < -0.39 is 0 Å². The van der Waals surface area contributed by atoms with Gasteiger partial charge in [-0.05, 0) is 29.8 Å². The summed E-state index contributed by atoms with van der Waals surface area (Å²) < 4.78 is 0. The van der Waals surface area contributed by atoms with E-state index in [1.165, 1.54) is 0 Å². The highest BCUT2D eigenvalue weighted by Crippen LogP contribution is 2.35. The molecule has 0 N–H and O–H groups in total. The van der Waals surface area contributed by atoms with Gasteiger partial charge in [-0.25, -0.2) is 4.98 Å². The van der Waals surface area contributed by atoms with Crippen LogP contribution in [0.15, 0.2) is 79.3 Å². The fraction of sp³-hybridized carbons (Fsp3) is 0.231. The molecule has 0 spiro atoms. The molecular weight excluding hydrogens is 398 g/mol. The first-order valence-electron chi connectivity index (χ1n) is 11.0. The van der Waals surface area contributed by atoms with Gasteiger partial charge in [0.25, 0.3) is 5.91 Å². The second kappa shape index (κ2) is 7.71. The first-order valence-corrected chi connectivity index (χ1v) is 11.0. The maximum absolute atomic E-state index is 13.4. The Bertz CT molecular complexity index is 1280. The highest BCUT2D eigenvalue weighted by molar-refractivity contribution is 6.01. The number of carbonyl (C=O) groups is 1. The quantitative estimate of drug-likeness (QED) is 0.502. The number of fused-ring (bicyclic) bond motifs is 2. The predicted molar refractivity (Wildman–Crippen MR) is 124 cm³/mol. The summed E-state index contributed by atoms with van der Waals surface area (Å²) in [6.07, 6.45) is 5.44. The lowest BCUT2D eigenvalue weighted by molar-refractivity contribution is 0.0783. The maximum atomic E-state index is 13.4. The number of aromatic nitrogens is 3. The number of carbonyl (C=O) groups excluding carboxylic acids is 1. The number of benzene rings is 2. The van der Waals surface area contributed by atoms with Crippen LogP contribution in [0.5, 0.6) is 0 Å². The molecule has 32 heavy (non-hydrogen) atoms. The normalized spacial score (nSPS) is 20.0.